The van der Waals surface area contributed by atoms with Crippen molar-refractivity contribution in [1.29, 1.82) is 0 Å². The molecule has 3 heterocycles. The van der Waals surface area contributed by atoms with Gasteiger partial charge in [0.05, 0.1) is 26.0 Å². The summed E-state index contributed by atoms with van der Waals surface area (Å²) in [4.78, 5) is 8.43. The van der Waals surface area contributed by atoms with Crippen LogP contribution in [-0.2, 0) is 11.3 Å². The fourth-order valence-corrected chi connectivity index (χ4v) is 1.58. The maximum absolute atomic E-state index is 5.12. The van der Waals surface area contributed by atoms with E-state index in [0.29, 0.717) is 5.92 Å². The van der Waals surface area contributed by atoms with E-state index in [1.54, 1.807) is 18.6 Å². The minimum atomic E-state index is 0.583. The molecule has 2 aromatic rings. The average molecular weight is 190 g/mol. The van der Waals surface area contributed by atoms with Crippen LogP contribution in [0.3, 0.4) is 0 Å². The van der Waals surface area contributed by atoms with Crippen molar-refractivity contribution in [3.8, 4) is 0 Å². The predicted octanol–water partition coefficient (Wildman–Crippen LogP) is 0.473. The SMILES string of the molecule is c1cnc2c(cnn2CC2COC2)n1. The van der Waals surface area contributed by atoms with Gasteiger partial charge in [-0.05, 0) is 0 Å². The van der Waals surface area contributed by atoms with E-state index in [2.05, 4.69) is 15.1 Å². The van der Waals surface area contributed by atoms with Crippen molar-refractivity contribution in [3.63, 3.8) is 0 Å². The van der Waals surface area contributed by atoms with Crippen LogP contribution in [0.5, 0.6) is 0 Å². The molecule has 1 aliphatic rings. The molecule has 0 bridgehead atoms. The van der Waals surface area contributed by atoms with Crippen LogP contribution in [0, 0.1) is 5.92 Å². The van der Waals surface area contributed by atoms with E-state index in [0.717, 1.165) is 30.9 Å². The van der Waals surface area contributed by atoms with Crippen LogP contribution in [0.1, 0.15) is 0 Å². The summed E-state index contributed by atoms with van der Waals surface area (Å²) in [6.45, 7) is 2.55. The van der Waals surface area contributed by atoms with Gasteiger partial charge in [0.2, 0.25) is 0 Å². The van der Waals surface area contributed by atoms with Crippen molar-refractivity contribution in [2.45, 2.75) is 6.54 Å². The fourth-order valence-electron chi connectivity index (χ4n) is 1.58. The molecule has 0 aromatic carbocycles. The minimum absolute atomic E-state index is 0.583. The summed E-state index contributed by atoms with van der Waals surface area (Å²) >= 11 is 0. The molecule has 1 saturated heterocycles. The Morgan fingerprint density at radius 2 is 2.21 bits per heavy atom. The first-order valence-corrected chi connectivity index (χ1v) is 4.64. The highest BCUT2D eigenvalue weighted by molar-refractivity contribution is 5.68. The number of nitrogens with zero attached hydrogens (tertiary/aromatic N) is 4. The van der Waals surface area contributed by atoms with Crippen molar-refractivity contribution in [2.24, 2.45) is 5.92 Å². The number of rotatable bonds is 2. The van der Waals surface area contributed by atoms with Gasteiger partial charge in [0.15, 0.2) is 5.65 Å². The zero-order chi connectivity index (χ0) is 9.38. The van der Waals surface area contributed by atoms with Crippen LogP contribution in [0.4, 0.5) is 0 Å². The highest BCUT2D eigenvalue weighted by Gasteiger charge is 2.20. The number of aromatic nitrogens is 4. The number of hydrogen-bond donors (Lipinski definition) is 0. The molecule has 5 nitrogen and oxygen atoms in total. The highest BCUT2D eigenvalue weighted by Crippen LogP contribution is 2.15. The number of fused-ring (bicyclic) bond motifs is 1. The largest absolute Gasteiger partial charge is 0.381 e. The first-order chi connectivity index (χ1) is 6.93. The van der Waals surface area contributed by atoms with E-state index in [9.17, 15) is 0 Å². The van der Waals surface area contributed by atoms with Crippen molar-refractivity contribution in [1.82, 2.24) is 19.7 Å². The second kappa shape index (κ2) is 3.02. The van der Waals surface area contributed by atoms with Crippen molar-refractivity contribution in [3.05, 3.63) is 18.6 Å². The first-order valence-electron chi connectivity index (χ1n) is 4.64. The normalized spacial score (nSPS) is 17.1. The molecule has 1 aliphatic heterocycles. The quantitative estimate of drug-likeness (QED) is 0.690. The zero-order valence-electron chi connectivity index (χ0n) is 7.63. The third kappa shape index (κ3) is 1.17. The van der Waals surface area contributed by atoms with E-state index < -0.39 is 0 Å². The van der Waals surface area contributed by atoms with Gasteiger partial charge in [0.25, 0.3) is 0 Å². The molecular weight excluding hydrogens is 180 g/mol. The van der Waals surface area contributed by atoms with Crippen molar-refractivity contribution in [2.75, 3.05) is 13.2 Å². The van der Waals surface area contributed by atoms with E-state index in [1.807, 2.05) is 4.68 Å². The monoisotopic (exact) mass is 190 g/mol. The summed E-state index contributed by atoms with van der Waals surface area (Å²) in [5.41, 5.74) is 1.71. The Kier molecular flexibility index (Phi) is 1.70. The Bertz CT molecular complexity index is 449. The molecule has 14 heavy (non-hydrogen) atoms. The number of hydrogen-bond acceptors (Lipinski definition) is 4. The molecule has 0 atom stereocenters. The molecule has 72 valence electrons. The van der Waals surface area contributed by atoms with Crippen LogP contribution in [0.25, 0.3) is 11.2 Å². The lowest BCUT2D eigenvalue weighted by molar-refractivity contribution is -0.0403. The first kappa shape index (κ1) is 7.87. The maximum Gasteiger partial charge on any atom is 0.176 e. The van der Waals surface area contributed by atoms with Crippen molar-refractivity contribution < 1.29 is 4.74 Å². The van der Waals surface area contributed by atoms with E-state index in [-0.39, 0.29) is 0 Å². The molecule has 0 unspecified atom stereocenters. The van der Waals surface area contributed by atoms with Crippen LogP contribution >= 0.6 is 0 Å². The standard InChI is InChI=1S/C9H10N4O/c1-2-11-9-8(10-1)3-12-13(9)4-7-5-14-6-7/h1-3,7H,4-6H2. The Hall–Kier alpha value is -1.49. The van der Waals surface area contributed by atoms with Crippen LogP contribution < -0.4 is 0 Å². The lowest BCUT2D eigenvalue weighted by atomic mass is 10.1. The molecule has 0 aliphatic carbocycles. The smallest absolute Gasteiger partial charge is 0.176 e. The van der Waals surface area contributed by atoms with Crippen LogP contribution in [0.2, 0.25) is 0 Å². The lowest BCUT2D eigenvalue weighted by Crippen LogP contribution is -2.31. The predicted molar refractivity (Wildman–Crippen MR) is 49.6 cm³/mol. The van der Waals surface area contributed by atoms with E-state index in [1.165, 1.54) is 0 Å². The second-order valence-corrected chi connectivity index (χ2v) is 3.50. The summed E-state index contributed by atoms with van der Waals surface area (Å²) in [7, 11) is 0. The molecule has 5 heteroatoms. The molecular formula is C9H10N4O. The molecule has 0 N–H and O–H groups in total. The van der Waals surface area contributed by atoms with Gasteiger partial charge in [-0.2, -0.15) is 5.10 Å². The molecule has 0 saturated carbocycles. The second-order valence-electron chi connectivity index (χ2n) is 3.50. The van der Waals surface area contributed by atoms with Gasteiger partial charge in [-0.1, -0.05) is 0 Å². The topological polar surface area (TPSA) is 52.8 Å². The molecule has 0 spiro atoms. The van der Waals surface area contributed by atoms with Gasteiger partial charge in [-0.15, -0.1) is 0 Å². The van der Waals surface area contributed by atoms with Crippen LogP contribution in [0.15, 0.2) is 18.6 Å². The van der Waals surface area contributed by atoms with E-state index in [4.69, 9.17) is 4.74 Å². The van der Waals surface area contributed by atoms with Gasteiger partial charge in [0, 0.05) is 18.3 Å². The third-order valence-corrected chi connectivity index (χ3v) is 2.41. The highest BCUT2D eigenvalue weighted by atomic mass is 16.5. The Labute approximate surface area is 80.7 Å². The average Bonchev–Trinajstić information content (AvgIpc) is 2.55. The summed E-state index contributed by atoms with van der Waals surface area (Å²) < 4.78 is 7.02. The third-order valence-electron chi connectivity index (χ3n) is 2.41. The summed E-state index contributed by atoms with van der Waals surface area (Å²) in [6, 6.07) is 0. The molecule has 1 fully saturated rings. The summed E-state index contributed by atoms with van der Waals surface area (Å²) in [5.74, 6) is 0.583. The molecule has 0 radical (unpaired) electrons. The van der Waals surface area contributed by atoms with Crippen LogP contribution in [-0.4, -0.2) is 33.0 Å². The fraction of sp³-hybridized carbons (Fsp3) is 0.444. The van der Waals surface area contributed by atoms with Gasteiger partial charge in [-0.25, -0.2) is 14.6 Å². The van der Waals surface area contributed by atoms with Gasteiger partial charge >= 0.3 is 0 Å². The lowest BCUT2D eigenvalue weighted by Gasteiger charge is -2.25. The Morgan fingerprint density at radius 3 is 3.00 bits per heavy atom. The molecule has 3 rings (SSSR count). The summed E-state index contributed by atoms with van der Waals surface area (Å²) in [6.07, 6.45) is 5.13. The maximum atomic E-state index is 5.12. The Morgan fingerprint density at radius 1 is 1.36 bits per heavy atom. The van der Waals surface area contributed by atoms with Crippen molar-refractivity contribution >= 4 is 11.2 Å². The molecule has 2 aromatic heterocycles. The van der Waals surface area contributed by atoms with E-state index >= 15 is 0 Å². The van der Waals surface area contributed by atoms with Gasteiger partial charge in [0.1, 0.15) is 5.52 Å². The van der Waals surface area contributed by atoms with Gasteiger partial charge < -0.3 is 4.74 Å². The summed E-state index contributed by atoms with van der Waals surface area (Å²) in [5, 5.41) is 4.25. The minimum Gasteiger partial charge on any atom is -0.381 e. The number of ether oxygens (including phenoxy) is 1. The molecule has 0 amide bonds. The zero-order valence-corrected chi connectivity index (χ0v) is 7.63. The van der Waals surface area contributed by atoms with Gasteiger partial charge in [-0.3, -0.25) is 0 Å². The Balaban J connectivity index is 1.95.